The Kier molecular flexibility index (Phi) is 4.25. The maximum atomic E-state index is 13.3. The second kappa shape index (κ2) is 5.92. The maximum absolute atomic E-state index is 13.3. The minimum Gasteiger partial charge on any atom is -0.497 e. The molecule has 0 spiro atoms. The third-order valence-electron chi connectivity index (χ3n) is 3.24. The molecule has 0 aliphatic rings. The Labute approximate surface area is 118 Å². The number of hydrogen-bond acceptors (Lipinski definition) is 3. The van der Waals surface area contributed by atoms with Gasteiger partial charge in [-0.05, 0) is 37.3 Å². The molecule has 0 amide bonds. The van der Waals surface area contributed by atoms with Gasteiger partial charge < -0.3 is 14.7 Å². The third kappa shape index (κ3) is 2.91. The Morgan fingerprint density at radius 1 is 1.20 bits per heavy atom. The number of rotatable bonds is 4. The summed E-state index contributed by atoms with van der Waals surface area (Å²) in [7, 11) is 3.48. The van der Waals surface area contributed by atoms with Gasteiger partial charge in [0.25, 0.3) is 0 Å². The zero-order valence-electron chi connectivity index (χ0n) is 11.8. The van der Waals surface area contributed by atoms with Crippen LogP contribution >= 0.6 is 0 Å². The summed E-state index contributed by atoms with van der Waals surface area (Å²) >= 11 is 0. The first kappa shape index (κ1) is 14.3. The van der Waals surface area contributed by atoms with Crippen LogP contribution in [0.15, 0.2) is 42.5 Å². The van der Waals surface area contributed by atoms with Crippen molar-refractivity contribution in [3.8, 4) is 5.75 Å². The van der Waals surface area contributed by atoms with Crippen LogP contribution in [0, 0.1) is 5.82 Å². The van der Waals surface area contributed by atoms with E-state index >= 15 is 0 Å². The average Bonchev–Trinajstić information content (AvgIpc) is 2.46. The highest BCUT2D eigenvalue weighted by atomic mass is 19.1. The Hall–Kier alpha value is -2.07. The molecule has 0 aliphatic heterocycles. The van der Waals surface area contributed by atoms with Gasteiger partial charge >= 0.3 is 0 Å². The fourth-order valence-corrected chi connectivity index (χ4v) is 2.12. The summed E-state index contributed by atoms with van der Waals surface area (Å²) < 4.78 is 18.5. The summed E-state index contributed by atoms with van der Waals surface area (Å²) in [5.41, 5.74) is 2.21. The van der Waals surface area contributed by atoms with Crippen molar-refractivity contribution in [2.24, 2.45) is 0 Å². The summed E-state index contributed by atoms with van der Waals surface area (Å²) in [5, 5.41) is 9.81. The molecule has 0 saturated heterocycles. The van der Waals surface area contributed by atoms with Crippen LogP contribution in [0.3, 0.4) is 0 Å². The summed E-state index contributed by atoms with van der Waals surface area (Å²) in [6.45, 7) is 1.62. The summed E-state index contributed by atoms with van der Waals surface area (Å²) in [6.07, 6.45) is -0.742. The third-order valence-corrected chi connectivity index (χ3v) is 3.24. The van der Waals surface area contributed by atoms with E-state index in [1.165, 1.54) is 12.1 Å². The van der Waals surface area contributed by atoms with Crippen molar-refractivity contribution >= 4 is 11.4 Å². The lowest BCUT2D eigenvalue weighted by atomic mass is 10.1. The van der Waals surface area contributed by atoms with E-state index in [0.29, 0.717) is 5.56 Å². The predicted octanol–water partition coefficient (Wildman–Crippen LogP) is 3.66. The quantitative estimate of drug-likeness (QED) is 0.924. The molecule has 3 nitrogen and oxygen atoms in total. The predicted molar refractivity (Wildman–Crippen MR) is 78.1 cm³/mol. The highest BCUT2D eigenvalue weighted by Crippen LogP contribution is 2.32. The number of aliphatic hydroxyl groups is 1. The number of anilines is 2. The normalized spacial score (nSPS) is 12.1. The SMILES string of the molecule is COc1cccc(N(C)c2ccc(F)cc2[C@H](C)O)c1. The average molecular weight is 275 g/mol. The highest BCUT2D eigenvalue weighted by Gasteiger charge is 2.14. The highest BCUT2D eigenvalue weighted by molar-refractivity contribution is 5.67. The fraction of sp³-hybridized carbons (Fsp3) is 0.250. The molecule has 0 heterocycles. The molecule has 1 atom stereocenters. The van der Waals surface area contributed by atoms with Crippen LogP contribution in [0.1, 0.15) is 18.6 Å². The maximum Gasteiger partial charge on any atom is 0.123 e. The van der Waals surface area contributed by atoms with Gasteiger partial charge in [-0.15, -0.1) is 0 Å². The van der Waals surface area contributed by atoms with Crippen molar-refractivity contribution in [3.63, 3.8) is 0 Å². The van der Waals surface area contributed by atoms with Gasteiger partial charge in [-0.1, -0.05) is 6.07 Å². The van der Waals surface area contributed by atoms with E-state index < -0.39 is 6.10 Å². The van der Waals surface area contributed by atoms with Crippen LogP contribution in [0.2, 0.25) is 0 Å². The van der Waals surface area contributed by atoms with Gasteiger partial charge in [-0.3, -0.25) is 0 Å². The molecular weight excluding hydrogens is 257 g/mol. The second-order valence-electron chi connectivity index (χ2n) is 4.64. The van der Waals surface area contributed by atoms with Crippen molar-refractivity contribution in [3.05, 3.63) is 53.8 Å². The van der Waals surface area contributed by atoms with Gasteiger partial charge in [0, 0.05) is 30.1 Å². The lowest BCUT2D eigenvalue weighted by molar-refractivity contribution is 0.199. The molecule has 4 heteroatoms. The number of benzene rings is 2. The summed E-state index contributed by atoms with van der Waals surface area (Å²) in [6, 6.07) is 12.0. The molecular formula is C16H18FNO2. The Morgan fingerprint density at radius 3 is 2.60 bits per heavy atom. The zero-order chi connectivity index (χ0) is 14.7. The Bertz CT molecular complexity index is 599. The number of methoxy groups -OCH3 is 1. The van der Waals surface area contributed by atoms with Gasteiger partial charge in [0.2, 0.25) is 0 Å². The molecule has 0 unspecified atom stereocenters. The first-order chi connectivity index (χ1) is 9.52. The van der Waals surface area contributed by atoms with Crippen molar-refractivity contribution in [2.75, 3.05) is 19.1 Å². The molecule has 0 saturated carbocycles. The molecule has 1 N–H and O–H groups in total. The lowest BCUT2D eigenvalue weighted by Gasteiger charge is -2.24. The standard InChI is InChI=1S/C16H18FNO2/c1-11(19)15-9-12(17)7-8-16(15)18(2)13-5-4-6-14(10-13)20-3/h4-11,19H,1-3H3/t11-/m0/s1. The van der Waals surface area contributed by atoms with Crippen LogP contribution < -0.4 is 9.64 Å². The molecule has 0 fully saturated rings. The number of aliphatic hydroxyl groups excluding tert-OH is 1. The number of ether oxygens (including phenoxy) is 1. The zero-order valence-corrected chi connectivity index (χ0v) is 11.8. The van der Waals surface area contributed by atoms with Crippen LogP contribution in [0.5, 0.6) is 5.75 Å². The monoisotopic (exact) mass is 275 g/mol. The van der Waals surface area contributed by atoms with Crippen molar-refractivity contribution in [1.82, 2.24) is 0 Å². The first-order valence-electron chi connectivity index (χ1n) is 6.38. The van der Waals surface area contributed by atoms with E-state index in [9.17, 15) is 9.50 Å². The first-order valence-corrected chi connectivity index (χ1v) is 6.38. The second-order valence-corrected chi connectivity index (χ2v) is 4.64. The summed E-state index contributed by atoms with van der Waals surface area (Å²) in [4.78, 5) is 1.89. The van der Waals surface area contributed by atoms with Gasteiger partial charge in [-0.2, -0.15) is 0 Å². The lowest BCUT2D eigenvalue weighted by Crippen LogP contribution is -2.13. The van der Waals surface area contributed by atoms with Crippen molar-refractivity contribution in [2.45, 2.75) is 13.0 Å². The molecule has 0 radical (unpaired) electrons. The van der Waals surface area contributed by atoms with Gasteiger partial charge in [0.15, 0.2) is 0 Å². The topological polar surface area (TPSA) is 32.7 Å². The van der Waals surface area contributed by atoms with E-state index in [1.807, 2.05) is 36.2 Å². The molecule has 20 heavy (non-hydrogen) atoms. The van der Waals surface area contributed by atoms with E-state index in [1.54, 1.807) is 20.1 Å². The van der Waals surface area contributed by atoms with E-state index in [4.69, 9.17) is 4.74 Å². The largest absolute Gasteiger partial charge is 0.497 e. The van der Waals surface area contributed by atoms with Gasteiger partial charge in [-0.25, -0.2) is 4.39 Å². The minimum absolute atomic E-state index is 0.358. The molecule has 2 rings (SSSR count). The smallest absolute Gasteiger partial charge is 0.123 e. The number of nitrogens with zero attached hydrogens (tertiary/aromatic N) is 1. The van der Waals surface area contributed by atoms with Crippen LogP contribution in [-0.2, 0) is 0 Å². The number of hydrogen-bond donors (Lipinski definition) is 1. The van der Waals surface area contributed by atoms with Crippen molar-refractivity contribution in [1.29, 1.82) is 0 Å². The minimum atomic E-state index is -0.742. The molecule has 2 aromatic carbocycles. The van der Waals surface area contributed by atoms with Crippen LogP contribution in [-0.4, -0.2) is 19.3 Å². The van der Waals surface area contributed by atoms with E-state index in [2.05, 4.69) is 0 Å². The van der Waals surface area contributed by atoms with Crippen molar-refractivity contribution < 1.29 is 14.2 Å². The van der Waals surface area contributed by atoms with E-state index in [-0.39, 0.29) is 5.82 Å². The fourth-order valence-electron chi connectivity index (χ4n) is 2.12. The van der Waals surface area contributed by atoms with E-state index in [0.717, 1.165) is 17.1 Å². The molecule has 0 bridgehead atoms. The van der Waals surface area contributed by atoms with Gasteiger partial charge in [0.05, 0.1) is 13.2 Å². The van der Waals surface area contributed by atoms with Crippen LogP contribution in [0.4, 0.5) is 15.8 Å². The summed E-state index contributed by atoms with van der Waals surface area (Å²) in [5.74, 6) is 0.388. The molecule has 0 aromatic heterocycles. The Balaban J connectivity index is 2.44. The molecule has 0 aliphatic carbocycles. The van der Waals surface area contributed by atoms with Crippen LogP contribution in [0.25, 0.3) is 0 Å². The van der Waals surface area contributed by atoms with Gasteiger partial charge in [0.1, 0.15) is 11.6 Å². The number of halogens is 1. The molecule has 106 valence electrons. The molecule has 2 aromatic rings. The Morgan fingerprint density at radius 2 is 1.95 bits per heavy atom.